The Balaban J connectivity index is 2.01. The molecular weight excluding hydrogens is 347 g/mol. The van der Waals surface area contributed by atoms with Gasteiger partial charge in [-0.1, -0.05) is 0 Å². The van der Waals surface area contributed by atoms with Crippen molar-refractivity contribution < 1.29 is 17.9 Å². The lowest BCUT2D eigenvalue weighted by Gasteiger charge is -2.26. The SMILES string of the molecule is CCNC(=NCc1cn(C)nc1C(F)(F)F)N(C)CCC1CCOCC1. The summed E-state index contributed by atoms with van der Waals surface area (Å²) in [6.07, 6.45) is 0.0423. The van der Waals surface area contributed by atoms with Crippen LogP contribution in [0.4, 0.5) is 13.2 Å². The molecule has 0 saturated carbocycles. The maximum atomic E-state index is 13.1. The van der Waals surface area contributed by atoms with Crippen molar-refractivity contribution in [2.75, 3.05) is 33.4 Å². The second-order valence-corrected chi connectivity index (χ2v) is 6.61. The molecule has 6 nitrogen and oxygen atoms in total. The van der Waals surface area contributed by atoms with Gasteiger partial charge < -0.3 is 15.0 Å². The molecule has 0 bridgehead atoms. The number of nitrogens with one attached hydrogen (secondary N) is 1. The molecule has 0 radical (unpaired) electrons. The van der Waals surface area contributed by atoms with Gasteiger partial charge in [0.2, 0.25) is 0 Å². The molecule has 0 unspecified atom stereocenters. The van der Waals surface area contributed by atoms with Crippen LogP contribution in [0.5, 0.6) is 0 Å². The van der Waals surface area contributed by atoms with E-state index in [0.717, 1.165) is 39.0 Å². The number of alkyl halides is 3. The average molecular weight is 375 g/mol. The van der Waals surface area contributed by atoms with Gasteiger partial charge in [0.05, 0.1) is 6.54 Å². The summed E-state index contributed by atoms with van der Waals surface area (Å²) in [5, 5.41) is 6.67. The Morgan fingerprint density at radius 2 is 2.12 bits per heavy atom. The first-order valence-corrected chi connectivity index (χ1v) is 8.98. The Kier molecular flexibility index (Phi) is 7.31. The molecule has 1 aromatic heterocycles. The number of hydrogen-bond acceptors (Lipinski definition) is 3. The first-order valence-electron chi connectivity index (χ1n) is 8.98. The van der Waals surface area contributed by atoms with Gasteiger partial charge in [-0.3, -0.25) is 4.68 Å². The van der Waals surface area contributed by atoms with Crippen molar-refractivity contribution in [3.8, 4) is 0 Å². The number of halogens is 3. The standard InChI is InChI=1S/C17H28F3N5O/c1-4-21-16(24(2)8-5-13-6-9-26-10-7-13)22-11-14-12-25(3)23-15(14)17(18,19)20/h12-13H,4-11H2,1-3H3,(H,21,22). The van der Waals surface area contributed by atoms with E-state index in [9.17, 15) is 13.2 Å². The number of aryl methyl sites for hydroxylation is 1. The Labute approximate surface area is 152 Å². The maximum absolute atomic E-state index is 13.1. The highest BCUT2D eigenvalue weighted by molar-refractivity contribution is 5.79. The molecule has 2 rings (SSSR count). The number of aliphatic imine (C=N–C) groups is 1. The minimum Gasteiger partial charge on any atom is -0.381 e. The first kappa shape index (κ1) is 20.5. The van der Waals surface area contributed by atoms with E-state index >= 15 is 0 Å². The lowest BCUT2D eigenvalue weighted by molar-refractivity contribution is -0.142. The van der Waals surface area contributed by atoms with Crippen LogP contribution >= 0.6 is 0 Å². The van der Waals surface area contributed by atoms with E-state index in [-0.39, 0.29) is 12.1 Å². The lowest BCUT2D eigenvalue weighted by Crippen LogP contribution is -2.40. The molecule has 1 aliphatic heterocycles. The van der Waals surface area contributed by atoms with Crippen LogP contribution in [-0.2, 0) is 24.5 Å². The summed E-state index contributed by atoms with van der Waals surface area (Å²) in [7, 11) is 3.39. The Morgan fingerprint density at radius 3 is 2.73 bits per heavy atom. The number of aromatic nitrogens is 2. The molecule has 1 N–H and O–H groups in total. The van der Waals surface area contributed by atoms with Crippen LogP contribution < -0.4 is 5.32 Å². The van der Waals surface area contributed by atoms with Gasteiger partial charge in [0.25, 0.3) is 0 Å². The van der Waals surface area contributed by atoms with E-state index < -0.39 is 11.9 Å². The molecule has 0 atom stereocenters. The molecule has 0 amide bonds. The van der Waals surface area contributed by atoms with E-state index in [0.29, 0.717) is 18.4 Å². The van der Waals surface area contributed by atoms with Gasteiger partial charge in [-0.2, -0.15) is 18.3 Å². The van der Waals surface area contributed by atoms with Crippen molar-refractivity contribution in [1.82, 2.24) is 20.0 Å². The molecule has 0 aliphatic carbocycles. The maximum Gasteiger partial charge on any atom is 0.435 e. The minimum absolute atomic E-state index is 0.0629. The number of hydrogen-bond donors (Lipinski definition) is 1. The highest BCUT2D eigenvalue weighted by Gasteiger charge is 2.36. The first-order chi connectivity index (χ1) is 12.3. The fourth-order valence-corrected chi connectivity index (χ4v) is 3.04. The number of rotatable bonds is 6. The Morgan fingerprint density at radius 1 is 1.42 bits per heavy atom. The van der Waals surface area contributed by atoms with Crippen LogP contribution in [0.2, 0.25) is 0 Å². The highest BCUT2D eigenvalue weighted by Crippen LogP contribution is 2.30. The van der Waals surface area contributed by atoms with Crippen LogP contribution in [0.3, 0.4) is 0 Å². The van der Waals surface area contributed by atoms with Gasteiger partial charge in [-0.05, 0) is 32.1 Å². The summed E-state index contributed by atoms with van der Waals surface area (Å²) in [5.41, 5.74) is -0.794. The summed E-state index contributed by atoms with van der Waals surface area (Å²) < 4.78 is 45.7. The zero-order valence-electron chi connectivity index (χ0n) is 15.6. The van der Waals surface area contributed by atoms with Crippen LogP contribution in [-0.4, -0.2) is 54.0 Å². The van der Waals surface area contributed by atoms with Gasteiger partial charge in [0, 0.05) is 52.2 Å². The van der Waals surface area contributed by atoms with Crippen molar-refractivity contribution in [1.29, 1.82) is 0 Å². The number of ether oxygens (including phenoxy) is 1. The smallest absolute Gasteiger partial charge is 0.381 e. The molecule has 1 aliphatic rings. The molecule has 1 saturated heterocycles. The summed E-state index contributed by atoms with van der Waals surface area (Å²) >= 11 is 0. The molecule has 1 aromatic rings. The quantitative estimate of drug-likeness (QED) is 0.614. The van der Waals surface area contributed by atoms with E-state index in [1.165, 1.54) is 17.9 Å². The second-order valence-electron chi connectivity index (χ2n) is 6.61. The van der Waals surface area contributed by atoms with Crippen molar-refractivity contribution in [2.45, 2.75) is 38.9 Å². The fourth-order valence-electron chi connectivity index (χ4n) is 3.04. The van der Waals surface area contributed by atoms with Gasteiger partial charge in [0.15, 0.2) is 11.7 Å². The Hall–Kier alpha value is -1.77. The molecule has 26 heavy (non-hydrogen) atoms. The normalized spacial score (nSPS) is 16.8. The van der Waals surface area contributed by atoms with Gasteiger partial charge >= 0.3 is 6.18 Å². The van der Waals surface area contributed by atoms with Crippen molar-refractivity contribution in [3.05, 3.63) is 17.5 Å². The number of nitrogens with zero attached hydrogens (tertiary/aromatic N) is 4. The predicted octanol–water partition coefficient (Wildman–Crippen LogP) is 2.65. The summed E-state index contributed by atoms with van der Waals surface area (Å²) in [6.45, 7) is 4.95. The van der Waals surface area contributed by atoms with Gasteiger partial charge in [0.1, 0.15) is 0 Å². The second kappa shape index (κ2) is 9.25. The lowest BCUT2D eigenvalue weighted by atomic mass is 9.96. The molecule has 148 valence electrons. The molecule has 2 heterocycles. The van der Waals surface area contributed by atoms with Crippen LogP contribution in [0.1, 0.15) is 37.4 Å². The third-order valence-electron chi connectivity index (χ3n) is 4.48. The Bertz CT molecular complexity index is 594. The van der Waals surface area contributed by atoms with E-state index in [1.807, 2.05) is 18.9 Å². The molecule has 1 fully saturated rings. The molecular formula is C17H28F3N5O. The fraction of sp³-hybridized carbons (Fsp3) is 0.765. The zero-order valence-corrected chi connectivity index (χ0v) is 15.6. The minimum atomic E-state index is -4.47. The predicted molar refractivity (Wildman–Crippen MR) is 93.8 cm³/mol. The monoisotopic (exact) mass is 375 g/mol. The molecule has 0 aromatic carbocycles. The molecule has 0 spiro atoms. The highest BCUT2D eigenvalue weighted by atomic mass is 19.4. The van der Waals surface area contributed by atoms with Gasteiger partial charge in [-0.15, -0.1) is 0 Å². The van der Waals surface area contributed by atoms with Crippen LogP contribution in [0.25, 0.3) is 0 Å². The summed E-state index contributed by atoms with van der Waals surface area (Å²) in [5.74, 6) is 1.24. The van der Waals surface area contributed by atoms with E-state index in [4.69, 9.17) is 4.74 Å². The van der Waals surface area contributed by atoms with Crippen LogP contribution in [0.15, 0.2) is 11.2 Å². The van der Waals surface area contributed by atoms with Crippen molar-refractivity contribution in [3.63, 3.8) is 0 Å². The van der Waals surface area contributed by atoms with Gasteiger partial charge in [-0.25, -0.2) is 4.99 Å². The van der Waals surface area contributed by atoms with E-state index in [2.05, 4.69) is 15.4 Å². The average Bonchev–Trinajstić information content (AvgIpc) is 2.98. The summed E-state index contributed by atoms with van der Waals surface area (Å²) in [4.78, 5) is 6.36. The third kappa shape index (κ3) is 5.89. The summed E-state index contributed by atoms with van der Waals surface area (Å²) in [6, 6.07) is 0. The van der Waals surface area contributed by atoms with E-state index in [1.54, 1.807) is 0 Å². The zero-order chi connectivity index (χ0) is 19.2. The topological polar surface area (TPSA) is 54.7 Å². The number of guanidine groups is 1. The largest absolute Gasteiger partial charge is 0.435 e. The third-order valence-corrected chi connectivity index (χ3v) is 4.48. The molecule has 9 heteroatoms. The van der Waals surface area contributed by atoms with Crippen molar-refractivity contribution in [2.24, 2.45) is 18.0 Å². The van der Waals surface area contributed by atoms with Crippen LogP contribution in [0, 0.1) is 5.92 Å². The van der Waals surface area contributed by atoms with Crippen molar-refractivity contribution >= 4 is 5.96 Å².